The van der Waals surface area contributed by atoms with Crippen LogP contribution in [-0.2, 0) is 19.1 Å². The molecule has 1 aliphatic carbocycles. The van der Waals surface area contributed by atoms with Crippen molar-refractivity contribution in [3.63, 3.8) is 0 Å². The van der Waals surface area contributed by atoms with Crippen LogP contribution >= 0.6 is 0 Å². The van der Waals surface area contributed by atoms with E-state index in [1.54, 1.807) is 0 Å². The molecule has 0 bridgehead atoms. The van der Waals surface area contributed by atoms with Gasteiger partial charge in [-0.3, -0.25) is 9.59 Å². The van der Waals surface area contributed by atoms with Crippen molar-refractivity contribution >= 4 is 11.9 Å². The standard InChI is InChI=1S/C29H52O4/c1-4-6-7-8-9-10-11-12-13-14-15-16-17-18-21-24-32-28(30)26-22-19-20-23-27(26)29(31)33-25(3)5-2/h19-20,25-27H,4-18,21-24H2,1-3H3. The maximum Gasteiger partial charge on any atom is 0.310 e. The molecule has 4 heteroatoms. The van der Waals surface area contributed by atoms with Crippen LogP contribution in [0.25, 0.3) is 0 Å². The van der Waals surface area contributed by atoms with Crippen LogP contribution in [0.15, 0.2) is 12.2 Å². The molecule has 0 spiro atoms. The Hall–Kier alpha value is -1.32. The molecular formula is C29H52O4. The zero-order chi connectivity index (χ0) is 24.2. The molecule has 4 nitrogen and oxygen atoms in total. The van der Waals surface area contributed by atoms with Crippen molar-refractivity contribution < 1.29 is 19.1 Å². The number of allylic oxidation sites excluding steroid dienone is 2. The van der Waals surface area contributed by atoms with Crippen LogP contribution in [-0.4, -0.2) is 24.6 Å². The summed E-state index contributed by atoms with van der Waals surface area (Å²) >= 11 is 0. The van der Waals surface area contributed by atoms with E-state index in [1.807, 2.05) is 26.0 Å². The third-order valence-electron chi connectivity index (χ3n) is 6.92. The minimum Gasteiger partial charge on any atom is -0.465 e. The van der Waals surface area contributed by atoms with Crippen molar-refractivity contribution in [3.8, 4) is 0 Å². The fourth-order valence-corrected chi connectivity index (χ4v) is 4.46. The van der Waals surface area contributed by atoms with Crippen molar-refractivity contribution in [2.24, 2.45) is 11.8 Å². The highest BCUT2D eigenvalue weighted by atomic mass is 16.5. The first kappa shape index (κ1) is 29.7. The molecule has 0 fully saturated rings. The summed E-state index contributed by atoms with van der Waals surface area (Å²) in [6.45, 7) is 6.61. The topological polar surface area (TPSA) is 52.6 Å². The molecule has 1 rings (SSSR count). The fraction of sp³-hybridized carbons (Fsp3) is 0.862. The molecule has 192 valence electrons. The minimum atomic E-state index is -0.405. The first-order valence-corrected chi connectivity index (χ1v) is 14.1. The monoisotopic (exact) mass is 464 g/mol. The summed E-state index contributed by atoms with van der Waals surface area (Å²) in [5.41, 5.74) is 0. The number of rotatable bonds is 20. The van der Waals surface area contributed by atoms with Crippen LogP contribution in [0, 0.1) is 11.8 Å². The number of ether oxygens (including phenoxy) is 2. The lowest BCUT2D eigenvalue weighted by Crippen LogP contribution is -2.35. The van der Waals surface area contributed by atoms with Crippen molar-refractivity contribution in [2.75, 3.05) is 6.61 Å². The number of esters is 2. The van der Waals surface area contributed by atoms with E-state index in [2.05, 4.69) is 6.92 Å². The normalized spacial score (nSPS) is 18.8. The van der Waals surface area contributed by atoms with Crippen molar-refractivity contribution in [1.82, 2.24) is 0 Å². The van der Waals surface area contributed by atoms with Gasteiger partial charge in [-0.15, -0.1) is 0 Å². The molecule has 0 saturated carbocycles. The zero-order valence-electron chi connectivity index (χ0n) is 22.0. The SMILES string of the molecule is CCCCCCCCCCCCCCCCCOC(=O)C1CC=CCC1C(=O)OC(C)CC. The molecule has 0 N–H and O–H groups in total. The van der Waals surface area contributed by atoms with Crippen LogP contribution in [0.5, 0.6) is 0 Å². The van der Waals surface area contributed by atoms with Gasteiger partial charge in [0, 0.05) is 0 Å². The number of hydrogen-bond acceptors (Lipinski definition) is 4. The molecule has 33 heavy (non-hydrogen) atoms. The molecule has 0 aromatic carbocycles. The Morgan fingerprint density at radius 1 is 0.697 bits per heavy atom. The Morgan fingerprint density at radius 3 is 1.58 bits per heavy atom. The van der Waals surface area contributed by atoms with E-state index in [4.69, 9.17) is 9.47 Å². The molecule has 3 atom stereocenters. The summed E-state index contributed by atoms with van der Waals surface area (Å²) in [4.78, 5) is 25.0. The molecule has 0 aromatic heterocycles. The molecule has 0 aliphatic heterocycles. The Labute approximate surface area is 204 Å². The van der Waals surface area contributed by atoms with Crippen LogP contribution in [0.4, 0.5) is 0 Å². The van der Waals surface area contributed by atoms with Gasteiger partial charge in [-0.2, -0.15) is 0 Å². The summed E-state index contributed by atoms with van der Waals surface area (Å²) in [5.74, 6) is -1.31. The summed E-state index contributed by atoms with van der Waals surface area (Å²) in [7, 11) is 0. The van der Waals surface area contributed by atoms with E-state index in [-0.39, 0.29) is 18.0 Å². The zero-order valence-corrected chi connectivity index (χ0v) is 22.0. The second kappa shape index (κ2) is 20.1. The molecular weight excluding hydrogens is 412 g/mol. The molecule has 1 aliphatic rings. The number of carbonyl (C=O) groups excluding carboxylic acids is 2. The van der Waals surface area contributed by atoms with E-state index in [0.29, 0.717) is 19.4 Å². The maximum atomic E-state index is 12.6. The van der Waals surface area contributed by atoms with Crippen LogP contribution < -0.4 is 0 Å². The maximum absolute atomic E-state index is 12.6. The lowest BCUT2D eigenvalue weighted by Gasteiger charge is -2.26. The highest BCUT2D eigenvalue weighted by molar-refractivity contribution is 5.82. The highest BCUT2D eigenvalue weighted by Crippen LogP contribution is 2.28. The van der Waals surface area contributed by atoms with Gasteiger partial charge < -0.3 is 9.47 Å². The van der Waals surface area contributed by atoms with E-state index in [9.17, 15) is 9.59 Å². The van der Waals surface area contributed by atoms with Gasteiger partial charge in [0.05, 0.1) is 24.5 Å². The summed E-state index contributed by atoms with van der Waals surface area (Å²) in [6, 6.07) is 0. The van der Waals surface area contributed by atoms with Crippen molar-refractivity contribution in [2.45, 2.75) is 142 Å². The summed E-state index contributed by atoms with van der Waals surface area (Å²) in [5, 5.41) is 0. The first-order valence-electron chi connectivity index (χ1n) is 14.1. The lowest BCUT2D eigenvalue weighted by molar-refractivity contribution is -0.164. The number of carbonyl (C=O) groups is 2. The van der Waals surface area contributed by atoms with E-state index < -0.39 is 11.8 Å². The third-order valence-corrected chi connectivity index (χ3v) is 6.92. The molecule has 3 unspecified atom stereocenters. The van der Waals surface area contributed by atoms with Gasteiger partial charge in [-0.05, 0) is 32.6 Å². The quantitative estimate of drug-likeness (QED) is 0.103. The highest BCUT2D eigenvalue weighted by Gasteiger charge is 2.36. The Kier molecular flexibility index (Phi) is 18.1. The molecule has 0 saturated heterocycles. The van der Waals surface area contributed by atoms with Crippen LogP contribution in [0.1, 0.15) is 136 Å². The first-order chi connectivity index (χ1) is 16.1. The predicted octanol–water partition coefficient (Wildman–Crippen LogP) is 8.33. The average Bonchev–Trinajstić information content (AvgIpc) is 2.83. The molecule has 0 radical (unpaired) electrons. The molecule has 0 aromatic rings. The van der Waals surface area contributed by atoms with E-state index in [0.717, 1.165) is 19.3 Å². The second-order valence-corrected chi connectivity index (χ2v) is 9.93. The molecule has 0 amide bonds. The Bertz CT molecular complexity index is 528. The van der Waals surface area contributed by atoms with Gasteiger partial charge in [-0.1, -0.05) is 116 Å². The van der Waals surface area contributed by atoms with Crippen molar-refractivity contribution in [3.05, 3.63) is 12.2 Å². The average molecular weight is 465 g/mol. The summed E-state index contributed by atoms with van der Waals surface area (Å²) < 4.78 is 11.0. The summed E-state index contributed by atoms with van der Waals surface area (Å²) in [6.07, 6.45) is 25.5. The van der Waals surface area contributed by atoms with Gasteiger partial charge in [0.15, 0.2) is 0 Å². The lowest BCUT2D eigenvalue weighted by atomic mass is 9.83. The van der Waals surface area contributed by atoms with Gasteiger partial charge in [0.2, 0.25) is 0 Å². The largest absolute Gasteiger partial charge is 0.465 e. The van der Waals surface area contributed by atoms with Crippen LogP contribution in [0.2, 0.25) is 0 Å². The third kappa shape index (κ3) is 14.5. The Morgan fingerprint density at radius 2 is 1.12 bits per heavy atom. The number of hydrogen-bond donors (Lipinski definition) is 0. The van der Waals surface area contributed by atoms with Crippen LogP contribution in [0.3, 0.4) is 0 Å². The second-order valence-electron chi connectivity index (χ2n) is 9.93. The van der Waals surface area contributed by atoms with E-state index >= 15 is 0 Å². The smallest absolute Gasteiger partial charge is 0.310 e. The van der Waals surface area contributed by atoms with Gasteiger partial charge >= 0.3 is 11.9 Å². The van der Waals surface area contributed by atoms with Gasteiger partial charge in [-0.25, -0.2) is 0 Å². The van der Waals surface area contributed by atoms with E-state index in [1.165, 1.54) is 83.5 Å². The fourth-order valence-electron chi connectivity index (χ4n) is 4.46. The van der Waals surface area contributed by atoms with Gasteiger partial charge in [0.1, 0.15) is 0 Å². The number of unbranched alkanes of at least 4 members (excludes halogenated alkanes) is 14. The predicted molar refractivity (Wildman–Crippen MR) is 137 cm³/mol. The van der Waals surface area contributed by atoms with Gasteiger partial charge in [0.25, 0.3) is 0 Å². The molecule has 0 heterocycles. The van der Waals surface area contributed by atoms with Crippen molar-refractivity contribution in [1.29, 1.82) is 0 Å². The Balaban J connectivity index is 2.00. The minimum absolute atomic E-state index is 0.111.